The first-order valence-corrected chi connectivity index (χ1v) is 5.08. The van der Waals surface area contributed by atoms with Gasteiger partial charge in [-0.3, -0.25) is 0 Å². The van der Waals surface area contributed by atoms with Crippen LogP contribution in [0.1, 0.15) is 4.88 Å². The summed E-state index contributed by atoms with van der Waals surface area (Å²) in [7, 11) is 0. The van der Waals surface area contributed by atoms with Crippen molar-refractivity contribution < 1.29 is 4.79 Å². The van der Waals surface area contributed by atoms with E-state index in [2.05, 4.69) is 10.3 Å². The molecule has 1 aliphatic heterocycles. The summed E-state index contributed by atoms with van der Waals surface area (Å²) in [4.78, 5) is 17.8. The van der Waals surface area contributed by atoms with E-state index in [9.17, 15) is 4.79 Å². The molecule has 1 aromatic rings. The van der Waals surface area contributed by atoms with Crippen molar-refractivity contribution in [2.24, 2.45) is 0 Å². The van der Waals surface area contributed by atoms with Gasteiger partial charge in [-0.2, -0.15) is 0 Å². The topological polar surface area (TPSA) is 45.2 Å². The molecule has 0 radical (unpaired) electrons. The Hall–Kier alpha value is -0.810. The highest BCUT2D eigenvalue weighted by Crippen LogP contribution is 2.19. The van der Waals surface area contributed by atoms with Gasteiger partial charge in [-0.05, 0) is 0 Å². The van der Waals surface area contributed by atoms with Crippen LogP contribution in [-0.4, -0.2) is 29.0 Å². The average Bonchev–Trinajstić information content (AvgIpc) is 2.64. The number of hydrogen-bond acceptors (Lipinski definition) is 3. The van der Waals surface area contributed by atoms with Crippen LogP contribution in [0.25, 0.3) is 0 Å². The van der Waals surface area contributed by atoms with Crippen molar-refractivity contribution in [2.45, 2.75) is 6.54 Å². The van der Waals surface area contributed by atoms with Crippen LogP contribution in [-0.2, 0) is 6.54 Å². The molecule has 0 spiro atoms. The molecule has 1 saturated heterocycles. The van der Waals surface area contributed by atoms with Crippen molar-refractivity contribution in [3.05, 3.63) is 15.5 Å². The van der Waals surface area contributed by atoms with E-state index in [4.69, 9.17) is 11.6 Å². The summed E-state index contributed by atoms with van der Waals surface area (Å²) >= 11 is 7.08. The fraction of sp³-hybridized carbons (Fsp3) is 0.429. The van der Waals surface area contributed by atoms with Gasteiger partial charge in [0.15, 0.2) is 4.47 Å². The molecule has 1 N–H and O–H groups in total. The molecule has 4 nitrogen and oxygen atoms in total. The number of nitrogens with zero attached hydrogens (tertiary/aromatic N) is 2. The summed E-state index contributed by atoms with van der Waals surface area (Å²) in [6.07, 6.45) is 1.71. The van der Waals surface area contributed by atoms with Gasteiger partial charge in [0.2, 0.25) is 0 Å². The van der Waals surface area contributed by atoms with E-state index in [0.29, 0.717) is 11.0 Å². The van der Waals surface area contributed by atoms with E-state index in [1.165, 1.54) is 11.3 Å². The molecule has 1 fully saturated rings. The minimum atomic E-state index is -0.00970. The van der Waals surface area contributed by atoms with Gasteiger partial charge in [-0.1, -0.05) is 11.6 Å². The normalized spacial score (nSPS) is 16.4. The van der Waals surface area contributed by atoms with Crippen LogP contribution in [0.3, 0.4) is 0 Å². The molecule has 1 aromatic heterocycles. The summed E-state index contributed by atoms with van der Waals surface area (Å²) in [6, 6.07) is -0.00970. The van der Waals surface area contributed by atoms with Crippen LogP contribution in [0.5, 0.6) is 0 Å². The average molecular weight is 218 g/mol. The Kier molecular flexibility index (Phi) is 2.37. The largest absolute Gasteiger partial charge is 0.336 e. The molecule has 70 valence electrons. The van der Waals surface area contributed by atoms with Gasteiger partial charge < -0.3 is 10.2 Å². The molecule has 1 aliphatic rings. The van der Waals surface area contributed by atoms with Gasteiger partial charge in [-0.25, -0.2) is 9.78 Å². The number of carbonyl (C=O) groups is 1. The Morgan fingerprint density at radius 2 is 2.62 bits per heavy atom. The minimum Gasteiger partial charge on any atom is -0.336 e. The number of amides is 2. The van der Waals surface area contributed by atoms with Gasteiger partial charge >= 0.3 is 6.03 Å². The molecule has 13 heavy (non-hydrogen) atoms. The molecule has 0 bridgehead atoms. The number of nitrogens with one attached hydrogen (secondary N) is 1. The maximum Gasteiger partial charge on any atom is 0.317 e. The summed E-state index contributed by atoms with van der Waals surface area (Å²) in [6.45, 7) is 2.09. The van der Waals surface area contributed by atoms with Gasteiger partial charge in [0.25, 0.3) is 0 Å². The van der Waals surface area contributed by atoms with Crippen LogP contribution in [0, 0.1) is 0 Å². The van der Waals surface area contributed by atoms with E-state index >= 15 is 0 Å². The Morgan fingerprint density at radius 1 is 1.77 bits per heavy atom. The van der Waals surface area contributed by atoms with Crippen molar-refractivity contribution in [3.63, 3.8) is 0 Å². The van der Waals surface area contributed by atoms with Crippen LogP contribution in [0.2, 0.25) is 4.47 Å². The first-order chi connectivity index (χ1) is 6.25. The third-order valence-electron chi connectivity index (χ3n) is 1.82. The van der Waals surface area contributed by atoms with E-state index in [1.807, 2.05) is 0 Å². The lowest BCUT2D eigenvalue weighted by molar-refractivity contribution is 0.216. The number of carbonyl (C=O) groups excluding carboxylic acids is 1. The molecular formula is C7H8ClN3OS. The van der Waals surface area contributed by atoms with Crippen LogP contribution >= 0.6 is 22.9 Å². The highest BCUT2D eigenvalue weighted by molar-refractivity contribution is 7.15. The van der Waals surface area contributed by atoms with Gasteiger partial charge in [0, 0.05) is 24.2 Å². The fourth-order valence-electron chi connectivity index (χ4n) is 1.21. The Morgan fingerprint density at radius 3 is 3.15 bits per heavy atom. The predicted octanol–water partition coefficient (Wildman–Crippen LogP) is 1.32. The lowest BCUT2D eigenvalue weighted by Gasteiger charge is -2.11. The van der Waals surface area contributed by atoms with Crippen molar-refractivity contribution >= 4 is 29.0 Å². The van der Waals surface area contributed by atoms with Crippen LogP contribution < -0.4 is 5.32 Å². The number of thiazole rings is 1. The summed E-state index contributed by atoms with van der Waals surface area (Å²) in [5.41, 5.74) is 0. The molecule has 0 saturated carbocycles. The van der Waals surface area contributed by atoms with Crippen molar-refractivity contribution in [1.82, 2.24) is 15.2 Å². The van der Waals surface area contributed by atoms with E-state index in [-0.39, 0.29) is 6.03 Å². The molecule has 0 aliphatic carbocycles. The zero-order valence-corrected chi connectivity index (χ0v) is 8.36. The summed E-state index contributed by atoms with van der Waals surface area (Å²) < 4.78 is 0.523. The molecule has 2 amide bonds. The number of rotatable bonds is 2. The molecule has 0 atom stereocenters. The predicted molar refractivity (Wildman–Crippen MR) is 50.9 cm³/mol. The van der Waals surface area contributed by atoms with Crippen LogP contribution in [0.15, 0.2) is 6.20 Å². The Bertz CT molecular complexity index is 327. The smallest absolute Gasteiger partial charge is 0.317 e. The number of urea groups is 1. The SMILES string of the molecule is O=C1NCCN1Cc1cnc(Cl)s1. The lowest BCUT2D eigenvalue weighted by atomic mass is 10.5. The zero-order chi connectivity index (χ0) is 9.26. The second-order valence-electron chi connectivity index (χ2n) is 2.73. The standard InChI is InChI=1S/C7H8ClN3OS/c8-6-10-3-5(13-6)4-11-2-1-9-7(11)12/h3H,1-2,4H2,(H,9,12). The molecule has 2 heterocycles. The van der Waals surface area contributed by atoms with E-state index < -0.39 is 0 Å². The number of halogens is 1. The molecule has 6 heteroatoms. The first kappa shape index (κ1) is 8.77. The molecule has 0 aromatic carbocycles. The van der Waals surface area contributed by atoms with Crippen molar-refractivity contribution in [2.75, 3.05) is 13.1 Å². The number of aromatic nitrogens is 1. The van der Waals surface area contributed by atoms with E-state index in [0.717, 1.165) is 18.0 Å². The highest BCUT2D eigenvalue weighted by Gasteiger charge is 2.19. The fourth-order valence-corrected chi connectivity index (χ4v) is 2.20. The minimum absolute atomic E-state index is 0.00970. The van der Waals surface area contributed by atoms with Gasteiger partial charge in [0.1, 0.15) is 0 Å². The Balaban J connectivity index is 2.01. The second kappa shape index (κ2) is 3.51. The van der Waals surface area contributed by atoms with Crippen LogP contribution in [0.4, 0.5) is 4.79 Å². The third-order valence-corrected chi connectivity index (χ3v) is 2.92. The quantitative estimate of drug-likeness (QED) is 0.812. The van der Waals surface area contributed by atoms with Gasteiger partial charge in [0.05, 0.1) is 6.54 Å². The first-order valence-electron chi connectivity index (χ1n) is 3.89. The maximum atomic E-state index is 11.2. The van der Waals surface area contributed by atoms with Gasteiger partial charge in [-0.15, -0.1) is 11.3 Å². The summed E-state index contributed by atoms with van der Waals surface area (Å²) in [5.74, 6) is 0. The van der Waals surface area contributed by atoms with Crippen molar-refractivity contribution in [3.8, 4) is 0 Å². The molecule has 2 rings (SSSR count). The molecule has 0 unspecified atom stereocenters. The maximum absolute atomic E-state index is 11.2. The number of hydrogen-bond donors (Lipinski definition) is 1. The monoisotopic (exact) mass is 217 g/mol. The Labute approximate surface area is 84.5 Å². The van der Waals surface area contributed by atoms with Crippen molar-refractivity contribution in [1.29, 1.82) is 0 Å². The third kappa shape index (κ3) is 1.92. The second-order valence-corrected chi connectivity index (χ2v) is 4.43. The summed E-state index contributed by atoms with van der Waals surface area (Å²) in [5, 5.41) is 2.73. The highest BCUT2D eigenvalue weighted by atomic mass is 35.5. The van der Waals surface area contributed by atoms with E-state index in [1.54, 1.807) is 11.1 Å². The molecular weight excluding hydrogens is 210 g/mol. The zero-order valence-electron chi connectivity index (χ0n) is 6.79. The lowest BCUT2D eigenvalue weighted by Crippen LogP contribution is -2.27.